The number of rotatable bonds is 4. The highest BCUT2D eigenvalue weighted by Gasteiger charge is 2.18. The van der Waals surface area contributed by atoms with E-state index in [0.29, 0.717) is 16.8 Å². The van der Waals surface area contributed by atoms with Crippen molar-refractivity contribution >= 4 is 15.7 Å². The highest BCUT2D eigenvalue weighted by molar-refractivity contribution is 7.92. The second-order valence-electron chi connectivity index (χ2n) is 5.18. The zero-order valence-corrected chi connectivity index (χ0v) is 13.2. The Kier molecular flexibility index (Phi) is 4.34. The fourth-order valence-corrected chi connectivity index (χ4v) is 3.70. The van der Waals surface area contributed by atoms with Crippen LogP contribution in [-0.2, 0) is 16.6 Å². The molecular formula is C16H19NO3S. The van der Waals surface area contributed by atoms with E-state index in [1.165, 1.54) is 0 Å². The molecule has 21 heavy (non-hydrogen) atoms. The Bertz CT molecular complexity index is 747. The summed E-state index contributed by atoms with van der Waals surface area (Å²) in [5.41, 5.74) is 3.71. The molecule has 0 saturated heterocycles. The molecule has 5 heteroatoms. The lowest BCUT2D eigenvalue weighted by atomic mass is 10.1. The zero-order valence-electron chi connectivity index (χ0n) is 12.3. The number of aryl methyl sites for hydroxylation is 2. The summed E-state index contributed by atoms with van der Waals surface area (Å²) in [7, 11) is -3.67. The quantitative estimate of drug-likeness (QED) is 0.912. The number of benzene rings is 2. The first kappa shape index (κ1) is 15.5. The van der Waals surface area contributed by atoms with Gasteiger partial charge in [0, 0.05) is 5.69 Å². The molecule has 0 aliphatic carbocycles. The van der Waals surface area contributed by atoms with Crippen LogP contribution < -0.4 is 4.72 Å². The zero-order chi connectivity index (χ0) is 15.6. The molecule has 0 radical (unpaired) electrons. The third-order valence-corrected chi connectivity index (χ3v) is 4.86. The van der Waals surface area contributed by atoms with Crippen molar-refractivity contribution in [2.24, 2.45) is 0 Å². The van der Waals surface area contributed by atoms with Gasteiger partial charge in [-0.3, -0.25) is 4.72 Å². The van der Waals surface area contributed by atoms with Gasteiger partial charge in [0.1, 0.15) is 0 Å². The summed E-state index contributed by atoms with van der Waals surface area (Å²) in [6.07, 6.45) is 0. The fourth-order valence-electron chi connectivity index (χ4n) is 2.37. The molecule has 0 spiro atoms. The van der Waals surface area contributed by atoms with Gasteiger partial charge in [-0.1, -0.05) is 18.2 Å². The van der Waals surface area contributed by atoms with E-state index in [-0.39, 0.29) is 11.5 Å². The smallest absolute Gasteiger partial charge is 0.262 e. The summed E-state index contributed by atoms with van der Waals surface area (Å²) in [4.78, 5) is 0.188. The first-order valence-corrected chi connectivity index (χ1v) is 8.12. The molecule has 0 atom stereocenters. The van der Waals surface area contributed by atoms with Crippen LogP contribution in [0.1, 0.15) is 22.3 Å². The van der Waals surface area contributed by atoms with Crippen molar-refractivity contribution in [1.82, 2.24) is 0 Å². The Morgan fingerprint density at radius 2 is 1.67 bits per heavy atom. The van der Waals surface area contributed by atoms with Gasteiger partial charge < -0.3 is 5.11 Å². The second kappa shape index (κ2) is 5.87. The van der Waals surface area contributed by atoms with E-state index in [0.717, 1.165) is 11.1 Å². The van der Waals surface area contributed by atoms with Gasteiger partial charge in [-0.15, -0.1) is 0 Å². The number of anilines is 1. The topological polar surface area (TPSA) is 66.4 Å². The Labute approximate surface area is 125 Å². The van der Waals surface area contributed by atoms with Crippen molar-refractivity contribution in [2.75, 3.05) is 4.72 Å². The monoisotopic (exact) mass is 305 g/mol. The number of nitrogens with one attached hydrogen (secondary N) is 1. The average molecular weight is 305 g/mol. The molecule has 0 aliphatic rings. The van der Waals surface area contributed by atoms with E-state index in [4.69, 9.17) is 0 Å². The van der Waals surface area contributed by atoms with Gasteiger partial charge in [0.25, 0.3) is 10.0 Å². The van der Waals surface area contributed by atoms with E-state index in [9.17, 15) is 13.5 Å². The lowest BCUT2D eigenvalue weighted by Crippen LogP contribution is -2.15. The fraction of sp³-hybridized carbons (Fsp3) is 0.250. The lowest BCUT2D eigenvalue weighted by molar-refractivity contribution is 0.280. The summed E-state index contributed by atoms with van der Waals surface area (Å²) in [5.74, 6) is 0. The summed E-state index contributed by atoms with van der Waals surface area (Å²) in [5, 5.41) is 9.26. The molecule has 2 aromatic rings. The molecule has 0 amide bonds. The van der Waals surface area contributed by atoms with E-state index in [2.05, 4.69) is 4.72 Å². The number of hydrogen-bond acceptors (Lipinski definition) is 3. The molecule has 0 saturated carbocycles. The number of hydrogen-bond donors (Lipinski definition) is 2. The minimum Gasteiger partial charge on any atom is -0.392 e. The standard InChI is InChI=1S/C16H19NO3S/c1-11-7-12(2)9-15(8-11)17-21(19,20)16-6-4-5-14(10-18)13(16)3/h4-9,17-18H,10H2,1-3H3. The van der Waals surface area contributed by atoms with Crippen LogP contribution >= 0.6 is 0 Å². The Balaban J connectivity index is 2.43. The predicted octanol–water partition coefficient (Wildman–Crippen LogP) is 2.90. The summed E-state index contributed by atoms with van der Waals surface area (Å²) < 4.78 is 27.6. The van der Waals surface area contributed by atoms with Crippen LogP contribution in [0.2, 0.25) is 0 Å². The molecule has 4 nitrogen and oxygen atoms in total. The van der Waals surface area contributed by atoms with Crippen LogP contribution in [0.3, 0.4) is 0 Å². The molecule has 112 valence electrons. The number of aliphatic hydroxyl groups is 1. The largest absolute Gasteiger partial charge is 0.392 e. The minimum atomic E-state index is -3.67. The van der Waals surface area contributed by atoms with E-state index in [1.807, 2.05) is 19.9 Å². The van der Waals surface area contributed by atoms with Crippen LogP contribution in [0.15, 0.2) is 41.3 Å². The maximum atomic E-state index is 12.5. The van der Waals surface area contributed by atoms with E-state index in [1.54, 1.807) is 37.3 Å². The van der Waals surface area contributed by atoms with Crippen LogP contribution in [0, 0.1) is 20.8 Å². The normalized spacial score (nSPS) is 11.4. The van der Waals surface area contributed by atoms with Gasteiger partial charge >= 0.3 is 0 Å². The molecule has 0 fully saturated rings. The lowest BCUT2D eigenvalue weighted by Gasteiger charge is -2.13. The Morgan fingerprint density at radius 3 is 2.24 bits per heavy atom. The molecule has 0 unspecified atom stereocenters. The van der Waals surface area contributed by atoms with Gasteiger partial charge in [0.15, 0.2) is 0 Å². The minimum absolute atomic E-state index is 0.182. The van der Waals surface area contributed by atoms with E-state index < -0.39 is 10.0 Å². The van der Waals surface area contributed by atoms with E-state index >= 15 is 0 Å². The molecule has 0 heterocycles. The molecule has 2 rings (SSSR count). The van der Waals surface area contributed by atoms with Gasteiger partial charge in [-0.25, -0.2) is 8.42 Å². The maximum Gasteiger partial charge on any atom is 0.262 e. The third kappa shape index (κ3) is 3.43. The van der Waals surface area contributed by atoms with Crippen molar-refractivity contribution in [3.8, 4) is 0 Å². The van der Waals surface area contributed by atoms with Crippen molar-refractivity contribution in [1.29, 1.82) is 0 Å². The summed E-state index contributed by atoms with van der Waals surface area (Å²) >= 11 is 0. The Morgan fingerprint density at radius 1 is 1.05 bits per heavy atom. The predicted molar refractivity (Wildman–Crippen MR) is 83.8 cm³/mol. The van der Waals surface area contributed by atoms with Crippen molar-refractivity contribution in [2.45, 2.75) is 32.3 Å². The molecule has 0 bridgehead atoms. The molecule has 2 aromatic carbocycles. The van der Waals surface area contributed by atoms with Crippen LogP contribution in [0.25, 0.3) is 0 Å². The molecule has 0 aromatic heterocycles. The first-order chi connectivity index (χ1) is 9.83. The van der Waals surface area contributed by atoms with Crippen molar-refractivity contribution < 1.29 is 13.5 Å². The average Bonchev–Trinajstić information content (AvgIpc) is 2.36. The van der Waals surface area contributed by atoms with Crippen LogP contribution in [-0.4, -0.2) is 13.5 Å². The maximum absolute atomic E-state index is 12.5. The summed E-state index contributed by atoms with van der Waals surface area (Å²) in [6.45, 7) is 5.35. The van der Waals surface area contributed by atoms with Gasteiger partial charge in [0.05, 0.1) is 11.5 Å². The van der Waals surface area contributed by atoms with Crippen molar-refractivity contribution in [3.05, 3.63) is 58.7 Å². The highest BCUT2D eigenvalue weighted by Crippen LogP contribution is 2.23. The van der Waals surface area contributed by atoms with Crippen molar-refractivity contribution in [3.63, 3.8) is 0 Å². The first-order valence-electron chi connectivity index (χ1n) is 6.64. The van der Waals surface area contributed by atoms with Crippen LogP contribution in [0.5, 0.6) is 0 Å². The molecular weight excluding hydrogens is 286 g/mol. The molecule has 2 N–H and O–H groups in total. The SMILES string of the molecule is Cc1cc(C)cc(NS(=O)(=O)c2cccc(CO)c2C)c1. The number of sulfonamides is 1. The van der Waals surface area contributed by atoms with Gasteiger partial charge in [-0.05, 0) is 61.2 Å². The van der Waals surface area contributed by atoms with Gasteiger partial charge in [-0.2, -0.15) is 0 Å². The summed E-state index contributed by atoms with van der Waals surface area (Å²) in [6, 6.07) is 10.4. The second-order valence-corrected chi connectivity index (χ2v) is 6.83. The van der Waals surface area contributed by atoms with Gasteiger partial charge in [0.2, 0.25) is 0 Å². The third-order valence-electron chi connectivity index (χ3n) is 3.33. The van der Waals surface area contributed by atoms with Crippen LogP contribution in [0.4, 0.5) is 5.69 Å². The Hall–Kier alpha value is -1.85. The molecule has 0 aliphatic heterocycles. The number of aliphatic hydroxyl groups excluding tert-OH is 1. The highest BCUT2D eigenvalue weighted by atomic mass is 32.2.